The fraction of sp³-hybridized carbons (Fsp3) is 0.417. The number of rotatable bonds is 2. The van der Waals surface area contributed by atoms with Crippen LogP contribution in [0.15, 0.2) is 18.2 Å². The Morgan fingerprint density at radius 2 is 2.47 bits per heavy atom. The van der Waals surface area contributed by atoms with Gasteiger partial charge in [-0.15, -0.1) is 11.6 Å². The maximum Gasteiger partial charge on any atom is 3.00 e. The van der Waals surface area contributed by atoms with E-state index < -0.39 is 0 Å². The number of ether oxygens (including phenoxy) is 1. The molecule has 0 spiro atoms. The standard InChI is InChI=1S/C12H13O2.Y/c1-9(13)8-11-7-6-10-4-2-3-5-12(10)14-11;/h3-5,11H,6-8H2,1H3;/q-1;+3. The molecular weight excluding hydrogens is 265 g/mol. The minimum Gasteiger partial charge on any atom is -0.515 e. The van der Waals surface area contributed by atoms with Crippen LogP contribution in [0.5, 0.6) is 5.75 Å². The summed E-state index contributed by atoms with van der Waals surface area (Å²) >= 11 is 0. The van der Waals surface area contributed by atoms with Crippen molar-refractivity contribution in [3.8, 4) is 5.75 Å². The van der Waals surface area contributed by atoms with Gasteiger partial charge in [-0.1, -0.05) is 6.42 Å². The molecule has 1 aliphatic rings. The first kappa shape index (κ1) is 12.9. The first-order valence-electron chi connectivity index (χ1n) is 4.91. The van der Waals surface area contributed by atoms with Crippen LogP contribution in [0.1, 0.15) is 25.3 Å². The van der Waals surface area contributed by atoms with Crippen molar-refractivity contribution in [1.29, 1.82) is 0 Å². The largest absolute Gasteiger partial charge is 3.00 e. The molecule has 1 heterocycles. The summed E-state index contributed by atoms with van der Waals surface area (Å²) in [5.74, 6) is 1.11. The van der Waals surface area contributed by atoms with Gasteiger partial charge in [-0.2, -0.15) is 18.2 Å². The number of carbonyl (C=O) groups is 1. The molecule has 2 rings (SSSR count). The molecule has 0 fully saturated rings. The van der Waals surface area contributed by atoms with E-state index in [2.05, 4.69) is 6.07 Å². The van der Waals surface area contributed by atoms with E-state index in [1.54, 1.807) is 6.92 Å². The number of aryl methyl sites for hydroxylation is 1. The van der Waals surface area contributed by atoms with E-state index in [9.17, 15) is 4.79 Å². The molecule has 2 nitrogen and oxygen atoms in total. The summed E-state index contributed by atoms with van der Waals surface area (Å²) < 4.78 is 5.70. The Morgan fingerprint density at radius 3 is 3.20 bits per heavy atom. The number of hydrogen-bond donors (Lipinski definition) is 0. The van der Waals surface area contributed by atoms with Crippen molar-refractivity contribution in [3.05, 3.63) is 29.8 Å². The number of carbonyl (C=O) groups excluding carboxylic acids is 1. The van der Waals surface area contributed by atoms with Gasteiger partial charge in [-0.25, -0.2) is 0 Å². The zero-order valence-corrected chi connectivity index (χ0v) is 11.7. The van der Waals surface area contributed by atoms with Crippen molar-refractivity contribution < 1.29 is 42.2 Å². The predicted molar refractivity (Wildman–Crippen MR) is 53.3 cm³/mol. The number of hydrogen-bond acceptors (Lipinski definition) is 2. The summed E-state index contributed by atoms with van der Waals surface area (Å²) in [6, 6.07) is 8.75. The van der Waals surface area contributed by atoms with Crippen LogP contribution in [0.2, 0.25) is 0 Å². The summed E-state index contributed by atoms with van der Waals surface area (Å²) in [7, 11) is 0. The van der Waals surface area contributed by atoms with Gasteiger partial charge in [0.25, 0.3) is 0 Å². The Labute approximate surface area is 115 Å². The minimum absolute atomic E-state index is 0. The predicted octanol–water partition coefficient (Wildman–Crippen LogP) is 2.16. The van der Waals surface area contributed by atoms with Gasteiger partial charge in [0.2, 0.25) is 0 Å². The molecule has 0 aromatic heterocycles. The van der Waals surface area contributed by atoms with Crippen LogP contribution in [0, 0.1) is 6.07 Å². The quantitative estimate of drug-likeness (QED) is 0.775. The normalized spacial score (nSPS) is 18.3. The zero-order chi connectivity index (χ0) is 9.97. The molecule has 0 amide bonds. The molecule has 15 heavy (non-hydrogen) atoms. The first-order chi connectivity index (χ1) is 6.75. The average Bonchev–Trinajstić information content (AvgIpc) is 2.17. The van der Waals surface area contributed by atoms with Crippen molar-refractivity contribution >= 4 is 5.78 Å². The van der Waals surface area contributed by atoms with Crippen LogP contribution in [-0.4, -0.2) is 11.9 Å². The van der Waals surface area contributed by atoms with E-state index in [0.29, 0.717) is 6.42 Å². The second-order valence-corrected chi connectivity index (χ2v) is 3.72. The van der Waals surface area contributed by atoms with Gasteiger partial charge in [0.05, 0.1) is 0 Å². The number of fused-ring (bicyclic) bond motifs is 1. The number of ketones is 1. The fourth-order valence-corrected chi connectivity index (χ4v) is 1.78. The van der Waals surface area contributed by atoms with Crippen molar-refractivity contribution in [3.63, 3.8) is 0 Å². The van der Waals surface area contributed by atoms with Crippen LogP contribution in [0.25, 0.3) is 0 Å². The topological polar surface area (TPSA) is 26.3 Å². The first-order valence-corrected chi connectivity index (χ1v) is 4.91. The molecule has 0 aliphatic carbocycles. The fourth-order valence-electron chi connectivity index (χ4n) is 1.78. The molecule has 0 N–H and O–H groups in total. The van der Waals surface area contributed by atoms with Crippen molar-refractivity contribution in [1.82, 2.24) is 0 Å². The molecule has 74 valence electrons. The smallest absolute Gasteiger partial charge is 0.515 e. The number of benzene rings is 1. The van der Waals surface area contributed by atoms with Crippen LogP contribution < -0.4 is 4.74 Å². The molecule has 3 heteroatoms. The summed E-state index contributed by atoms with van der Waals surface area (Å²) in [5.41, 5.74) is 1.20. The Balaban J connectivity index is 0.00000112. The summed E-state index contributed by atoms with van der Waals surface area (Å²) in [5, 5.41) is 0. The Bertz CT molecular complexity index is 349. The van der Waals surface area contributed by atoms with Gasteiger partial charge < -0.3 is 4.74 Å². The van der Waals surface area contributed by atoms with Gasteiger partial charge in [0.15, 0.2) is 0 Å². The maximum absolute atomic E-state index is 10.9. The summed E-state index contributed by atoms with van der Waals surface area (Å²) in [4.78, 5) is 10.9. The molecule has 1 aliphatic heterocycles. The Morgan fingerprint density at radius 1 is 1.67 bits per heavy atom. The third-order valence-electron chi connectivity index (χ3n) is 2.45. The van der Waals surface area contributed by atoms with Crippen molar-refractivity contribution in [2.45, 2.75) is 32.3 Å². The molecular formula is C12H13O2Y+2. The Hall–Kier alpha value is -0.206. The van der Waals surface area contributed by atoms with Crippen LogP contribution in [0.3, 0.4) is 0 Å². The molecule has 0 saturated heterocycles. The van der Waals surface area contributed by atoms with Gasteiger partial charge in [0, 0.05) is 12.2 Å². The van der Waals surface area contributed by atoms with Crippen LogP contribution in [-0.2, 0) is 43.9 Å². The third-order valence-corrected chi connectivity index (χ3v) is 2.45. The van der Waals surface area contributed by atoms with E-state index >= 15 is 0 Å². The van der Waals surface area contributed by atoms with E-state index in [-0.39, 0.29) is 44.6 Å². The molecule has 0 bridgehead atoms. The summed E-state index contributed by atoms with van der Waals surface area (Å²) in [6.45, 7) is 1.61. The van der Waals surface area contributed by atoms with E-state index in [0.717, 1.165) is 18.6 Å². The van der Waals surface area contributed by atoms with Crippen molar-refractivity contribution in [2.24, 2.45) is 0 Å². The van der Waals surface area contributed by atoms with Gasteiger partial charge >= 0.3 is 32.7 Å². The SMILES string of the molecule is CC(=O)CC1CCc2c[c-]ccc2O1.[Y+3]. The Kier molecular flexibility index (Phi) is 4.94. The average molecular weight is 278 g/mol. The third kappa shape index (κ3) is 3.39. The monoisotopic (exact) mass is 278 g/mol. The molecule has 1 aromatic rings. The van der Waals surface area contributed by atoms with Gasteiger partial charge in [-0.05, 0) is 13.3 Å². The van der Waals surface area contributed by atoms with Crippen LogP contribution >= 0.6 is 0 Å². The van der Waals surface area contributed by atoms with Crippen LogP contribution in [0.4, 0.5) is 0 Å². The van der Waals surface area contributed by atoms with Crippen molar-refractivity contribution in [2.75, 3.05) is 0 Å². The number of Topliss-reactive ketones (excluding diaryl/α,β-unsaturated/α-hetero) is 1. The summed E-state index contributed by atoms with van der Waals surface area (Å²) in [6.07, 6.45) is 2.52. The molecule has 1 aromatic carbocycles. The molecule has 0 saturated carbocycles. The van der Waals surface area contributed by atoms with E-state index in [1.165, 1.54) is 5.56 Å². The molecule has 0 radical (unpaired) electrons. The van der Waals surface area contributed by atoms with E-state index in [1.807, 2.05) is 18.2 Å². The van der Waals surface area contributed by atoms with Gasteiger partial charge in [0.1, 0.15) is 11.9 Å². The minimum atomic E-state index is 0. The maximum atomic E-state index is 10.9. The molecule has 1 atom stereocenters. The zero-order valence-electron chi connectivity index (χ0n) is 8.82. The van der Waals surface area contributed by atoms with Gasteiger partial charge in [-0.3, -0.25) is 4.79 Å². The second kappa shape index (κ2) is 5.76. The van der Waals surface area contributed by atoms with E-state index in [4.69, 9.17) is 4.74 Å². The second-order valence-electron chi connectivity index (χ2n) is 3.72. The molecule has 1 unspecified atom stereocenters.